The van der Waals surface area contributed by atoms with Crippen molar-refractivity contribution in [2.45, 2.75) is 6.42 Å². The van der Waals surface area contributed by atoms with Crippen molar-refractivity contribution in [1.82, 2.24) is 15.3 Å². The Hall–Kier alpha value is -3.69. The quantitative estimate of drug-likeness (QED) is 0.334. The number of benzene rings is 2. The first-order chi connectivity index (χ1) is 16.0. The monoisotopic (exact) mass is 465 g/mol. The zero-order valence-corrected chi connectivity index (χ0v) is 18.5. The minimum absolute atomic E-state index is 0.110. The number of nitrogens with zero attached hydrogens (tertiary/aromatic N) is 2. The summed E-state index contributed by atoms with van der Waals surface area (Å²) in [4.78, 5) is 22.3. The number of anilines is 2. The summed E-state index contributed by atoms with van der Waals surface area (Å²) >= 11 is 1.60. The molecule has 0 unspecified atom stereocenters. The summed E-state index contributed by atoms with van der Waals surface area (Å²) in [6, 6.07) is 13.5. The van der Waals surface area contributed by atoms with Gasteiger partial charge < -0.3 is 16.0 Å². The smallest absolute Gasteiger partial charge is 0.319 e. The van der Waals surface area contributed by atoms with Gasteiger partial charge in [0, 0.05) is 42.7 Å². The van der Waals surface area contributed by atoms with E-state index >= 15 is 0 Å². The summed E-state index contributed by atoms with van der Waals surface area (Å²) in [5.74, 6) is -1.56. The number of urea groups is 1. The maximum Gasteiger partial charge on any atom is 0.323 e. The van der Waals surface area contributed by atoms with Crippen LogP contribution in [-0.4, -0.2) is 29.6 Å². The molecule has 0 spiro atoms. The molecule has 2 heterocycles. The highest BCUT2D eigenvalue weighted by Gasteiger charge is 2.16. The molecule has 2 amide bonds. The molecule has 0 aliphatic rings. The number of halogens is 2. The van der Waals surface area contributed by atoms with Crippen molar-refractivity contribution in [3.05, 3.63) is 83.6 Å². The Kier molecular flexibility index (Phi) is 7.01. The van der Waals surface area contributed by atoms with Crippen LogP contribution in [0.25, 0.3) is 21.7 Å². The third-order valence-corrected chi connectivity index (χ3v) is 5.94. The van der Waals surface area contributed by atoms with Crippen LogP contribution in [0, 0.1) is 11.6 Å². The molecule has 4 rings (SSSR count). The molecule has 0 atom stereocenters. The number of nitrogens with one attached hydrogen (secondary N) is 3. The number of amides is 2. The average Bonchev–Trinajstić information content (AvgIpc) is 3.25. The molecule has 4 aromatic rings. The molecular formula is C24H21F2N5OS. The Morgan fingerprint density at radius 1 is 1.00 bits per heavy atom. The zero-order chi connectivity index (χ0) is 23.2. The zero-order valence-electron chi connectivity index (χ0n) is 17.7. The number of hydrogen-bond donors (Lipinski definition) is 3. The summed E-state index contributed by atoms with van der Waals surface area (Å²) < 4.78 is 26.9. The molecule has 0 radical (unpaired) electrons. The van der Waals surface area contributed by atoms with Crippen LogP contribution in [0.1, 0.15) is 5.01 Å². The molecule has 168 valence electrons. The molecular weight excluding hydrogens is 444 g/mol. The number of carbonyl (C=O) groups is 1. The highest BCUT2D eigenvalue weighted by Crippen LogP contribution is 2.37. The highest BCUT2D eigenvalue weighted by atomic mass is 32.1. The number of aromatic nitrogens is 2. The lowest BCUT2D eigenvalue weighted by atomic mass is 10.1. The molecule has 3 N–H and O–H groups in total. The van der Waals surface area contributed by atoms with Gasteiger partial charge in [-0.3, -0.25) is 4.98 Å². The van der Waals surface area contributed by atoms with E-state index in [1.165, 1.54) is 6.07 Å². The Labute approximate surface area is 193 Å². The normalized spacial score (nSPS) is 10.8. The summed E-state index contributed by atoms with van der Waals surface area (Å²) in [6.07, 6.45) is 4.24. The number of pyridine rings is 1. The van der Waals surface area contributed by atoms with Crippen LogP contribution < -0.4 is 16.0 Å². The second-order valence-electron chi connectivity index (χ2n) is 7.16. The predicted octanol–water partition coefficient (Wildman–Crippen LogP) is 5.56. The van der Waals surface area contributed by atoms with Crippen molar-refractivity contribution in [2.75, 3.05) is 24.2 Å². The van der Waals surface area contributed by atoms with Crippen molar-refractivity contribution in [1.29, 1.82) is 0 Å². The van der Waals surface area contributed by atoms with Crippen molar-refractivity contribution in [3.63, 3.8) is 0 Å². The van der Waals surface area contributed by atoms with Crippen LogP contribution in [0.5, 0.6) is 0 Å². The van der Waals surface area contributed by atoms with E-state index in [4.69, 9.17) is 4.98 Å². The molecule has 33 heavy (non-hydrogen) atoms. The molecule has 2 aromatic heterocycles. The Bertz CT molecular complexity index is 1260. The number of thiazole rings is 1. The van der Waals surface area contributed by atoms with Crippen LogP contribution >= 0.6 is 11.3 Å². The molecule has 0 aliphatic carbocycles. The largest absolute Gasteiger partial charge is 0.323 e. The van der Waals surface area contributed by atoms with Gasteiger partial charge in [-0.2, -0.15) is 0 Å². The third kappa shape index (κ3) is 5.57. The van der Waals surface area contributed by atoms with Crippen LogP contribution in [0.3, 0.4) is 0 Å². The first-order valence-electron chi connectivity index (χ1n) is 10.2. The Morgan fingerprint density at radius 2 is 1.82 bits per heavy atom. The van der Waals surface area contributed by atoms with Gasteiger partial charge in [0.1, 0.15) is 11.6 Å². The molecule has 0 saturated carbocycles. The summed E-state index contributed by atoms with van der Waals surface area (Å²) in [7, 11) is 1.90. The Balaban J connectivity index is 1.59. The van der Waals surface area contributed by atoms with Crippen molar-refractivity contribution >= 4 is 28.7 Å². The van der Waals surface area contributed by atoms with Crippen LogP contribution in [-0.2, 0) is 6.42 Å². The van der Waals surface area contributed by atoms with Crippen molar-refractivity contribution in [2.24, 2.45) is 0 Å². The lowest BCUT2D eigenvalue weighted by Crippen LogP contribution is -2.20. The SMILES string of the molecule is CNCCc1nc(-c2ccncc2)c(-c2cccc(NC(=O)Nc3ccc(F)cc3F)c2)s1. The molecule has 0 aliphatic heterocycles. The second kappa shape index (κ2) is 10.3. The fourth-order valence-corrected chi connectivity index (χ4v) is 4.30. The van der Waals surface area contributed by atoms with E-state index in [-0.39, 0.29) is 5.69 Å². The highest BCUT2D eigenvalue weighted by molar-refractivity contribution is 7.15. The lowest BCUT2D eigenvalue weighted by molar-refractivity contribution is 0.262. The van der Waals surface area contributed by atoms with Gasteiger partial charge in [-0.25, -0.2) is 18.6 Å². The Morgan fingerprint density at radius 3 is 2.58 bits per heavy atom. The van der Waals surface area contributed by atoms with E-state index in [1.54, 1.807) is 29.8 Å². The van der Waals surface area contributed by atoms with Gasteiger partial charge in [0.05, 0.1) is 21.3 Å². The fraction of sp³-hybridized carbons (Fsp3) is 0.125. The van der Waals surface area contributed by atoms with Gasteiger partial charge in [0.25, 0.3) is 0 Å². The number of rotatable bonds is 7. The van der Waals surface area contributed by atoms with E-state index in [0.29, 0.717) is 11.8 Å². The van der Waals surface area contributed by atoms with E-state index in [0.717, 1.165) is 45.7 Å². The average molecular weight is 466 g/mol. The fourth-order valence-electron chi connectivity index (χ4n) is 3.22. The molecule has 2 aromatic carbocycles. The topological polar surface area (TPSA) is 78.9 Å². The van der Waals surface area contributed by atoms with E-state index < -0.39 is 17.7 Å². The van der Waals surface area contributed by atoms with E-state index in [9.17, 15) is 13.6 Å². The van der Waals surface area contributed by atoms with Gasteiger partial charge in [-0.1, -0.05) is 12.1 Å². The minimum Gasteiger partial charge on any atom is -0.319 e. The summed E-state index contributed by atoms with van der Waals surface area (Å²) in [5.41, 5.74) is 3.11. The number of carbonyl (C=O) groups excluding carboxylic acids is 1. The maximum atomic E-state index is 13.8. The molecule has 6 nitrogen and oxygen atoms in total. The van der Waals surface area contributed by atoms with Crippen molar-refractivity contribution in [3.8, 4) is 21.7 Å². The van der Waals surface area contributed by atoms with E-state index in [2.05, 4.69) is 20.9 Å². The second-order valence-corrected chi connectivity index (χ2v) is 8.24. The van der Waals surface area contributed by atoms with Crippen LogP contribution in [0.4, 0.5) is 25.0 Å². The van der Waals surface area contributed by atoms with Crippen molar-refractivity contribution < 1.29 is 13.6 Å². The van der Waals surface area contributed by atoms with Crippen LogP contribution in [0.2, 0.25) is 0 Å². The van der Waals surface area contributed by atoms with Gasteiger partial charge in [-0.15, -0.1) is 11.3 Å². The van der Waals surface area contributed by atoms with Gasteiger partial charge in [0.15, 0.2) is 0 Å². The number of hydrogen-bond acceptors (Lipinski definition) is 5. The summed E-state index contributed by atoms with van der Waals surface area (Å²) in [6.45, 7) is 0.810. The standard InChI is InChI=1S/C24H21F2N5OS/c1-27-10-9-21-31-22(15-7-11-28-12-8-15)23(33-21)16-3-2-4-18(13-16)29-24(32)30-20-6-5-17(25)14-19(20)26/h2-8,11-14,27H,9-10H2,1H3,(H2,29,30,32). The first-order valence-corrected chi connectivity index (χ1v) is 11.0. The van der Waals surface area contributed by atoms with Gasteiger partial charge in [-0.05, 0) is 49.0 Å². The molecule has 0 saturated heterocycles. The first kappa shape index (κ1) is 22.5. The third-order valence-electron chi connectivity index (χ3n) is 4.78. The number of likely N-dealkylation sites (N-methyl/N-ethyl adjacent to an activating group) is 1. The molecule has 0 fully saturated rings. The minimum atomic E-state index is -0.848. The molecule has 9 heteroatoms. The van der Waals surface area contributed by atoms with Crippen LogP contribution in [0.15, 0.2) is 67.0 Å². The lowest BCUT2D eigenvalue weighted by Gasteiger charge is -2.10. The van der Waals surface area contributed by atoms with Gasteiger partial charge in [0.2, 0.25) is 0 Å². The van der Waals surface area contributed by atoms with E-state index in [1.807, 2.05) is 37.4 Å². The maximum absolute atomic E-state index is 13.8. The summed E-state index contributed by atoms with van der Waals surface area (Å²) in [5, 5.41) is 9.22. The van der Waals surface area contributed by atoms with Gasteiger partial charge >= 0.3 is 6.03 Å². The molecule has 0 bridgehead atoms. The predicted molar refractivity (Wildman–Crippen MR) is 127 cm³/mol.